The van der Waals surface area contributed by atoms with E-state index in [9.17, 15) is 9.18 Å². The molecule has 2 N–H and O–H groups in total. The van der Waals surface area contributed by atoms with Gasteiger partial charge in [0.25, 0.3) is 6.08 Å². The summed E-state index contributed by atoms with van der Waals surface area (Å²) in [6.07, 6.45) is 2.59. The molecule has 0 amide bonds. The van der Waals surface area contributed by atoms with Gasteiger partial charge in [-0.3, -0.25) is 0 Å². The highest BCUT2D eigenvalue weighted by Crippen LogP contribution is 1.97. The zero-order chi connectivity index (χ0) is 8.27. The van der Waals surface area contributed by atoms with E-state index in [0.717, 1.165) is 6.08 Å². The van der Waals surface area contributed by atoms with Crippen LogP contribution in [0.1, 0.15) is 5.69 Å². The van der Waals surface area contributed by atoms with Crippen LogP contribution in [0, 0.1) is 6.08 Å². The van der Waals surface area contributed by atoms with E-state index < -0.39 is 12.0 Å². The highest BCUT2D eigenvalue weighted by atomic mass is 19.1. The van der Waals surface area contributed by atoms with Crippen LogP contribution in [-0.2, 0) is 4.79 Å². The minimum atomic E-state index is -1.08. The molecule has 0 saturated carbocycles. The van der Waals surface area contributed by atoms with Crippen LogP contribution in [0.25, 0.3) is 6.08 Å². The normalized spacial score (nSPS) is 10.6. The number of carboxylic acids is 1. The fraction of sp³-hybridized carbons (Fsp3) is 0. The number of aromatic nitrogens is 2. The van der Waals surface area contributed by atoms with Crippen LogP contribution in [0.5, 0.6) is 0 Å². The van der Waals surface area contributed by atoms with E-state index in [1.54, 1.807) is 0 Å². The standard InChI is InChI=1S/C6H5FN2O2/c7-6-8-3-4(9-6)1-2-5(10)11/h1-3H,(H,8,9)(H,10,11). The van der Waals surface area contributed by atoms with Gasteiger partial charge in [0.15, 0.2) is 0 Å². The van der Waals surface area contributed by atoms with Crippen molar-refractivity contribution in [3.8, 4) is 0 Å². The van der Waals surface area contributed by atoms with Crippen LogP contribution in [-0.4, -0.2) is 21.0 Å². The molecular formula is C6H5FN2O2. The van der Waals surface area contributed by atoms with Crippen LogP contribution in [0.2, 0.25) is 0 Å². The van der Waals surface area contributed by atoms with Crippen molar-refractivity contribution < 1.29 is 14.3 Å². The molecule has 0 radical (unpaired) electrons. The molecule has 0 fully saturated rings. The molecule has 1 aromatic rings. The highest BCUT2D eigenvalue weighted by Gasteiger charge is 1.94. The number of aromatic amines is 1. The van der Waals surface area contributed by atoms with E-state index in [-0.39, 0.29) is 0 Å². The molecule has 0 bridgehead atoms. The lowest BCUT2D eigenvalue weighted by Crippen LogP contribution is -1.85. The topological polar surface area (TPSA) is 66.0 Å². The van der Waals surface area contributed by atoms with E-state index in [1.165, 1.54) is 12.3 Å². The number of rotatable bonds is 2. The molecule has 0 aliphatic heterocycles. The summed E-state index contributed by atoms with van der Waals surface area (Å²) in [6, 6.07) is 0. The first-order valence-corrected chi connectivity index (χ1v) is 2.80. The van der Waals surface area contributed by atoms with Crippen LogP contribution in [0.4, 0.5) is 4.39 Å². The van der Waals surface area contributed by atoms with Gasteiger partial charge in [-0.05, 0) is 6.08 Å². The lowest BCUT2D eigenvalue weighted by molar-refractivity contribution is -0.131. The molecule has 1 rings (SSSR count). The van der Waals surface area contributed by atoms with Crippen LogP contribution < -0.4 is 0 Å². The Morgan fingerprint density at radius 3 is 3.00 bits per heavy atom. The van der Waals surface area contributed by atoms with Crippen LogP contribution >= 0.6 is 0 Å². The number of aliphatic carboxylic acids is 1. The third-order valence-electron chi connectivity index (χ3n) is 0.970. The average molecular weight is 156 g/mol. The minimum Gasteiger partial charge on any atom is -0.478 e. The van der Waals surface area contributed by atoms with Crippen LogP contribution in [0.3, 0.4) is 0 Å². The summed E-state index contributed by atoms with van der Waals surface area (Å²) in [5.74, 6) is -1.08. The van der Waals surface area contributed by atoms with Gasteiger partial charge >= 0.3 is 5.97 Å². The Morgan fingerprint density at radius 2 is 2.55 bits per heavy atom. The quantitative estimate of drug-likeness (QED) is 0.617. The van der Waals surface area contributed by atoms with E-state index in [4.69, 9.17) is 5.11 Å². The molecule has 0 atom stereocenters. The van der Waals surface area contributed by atoms with E-state index in [2.05, 4.69) is 9.97 Å². The predicted octanol–water partition coefficient (Wildman–Crippen LogP) is 0.647. The van der Waals surface area contributed by atoms with Gasteiger partial charge in [0.05, 0.1) is 11.9 Å². The SMILES string of the molecule is O=C(O)C=Cc1cnc(F)[nH]1. The van der Waals surface area contributed by atoms with E-state index in [1.807, 2.05) is 0 Å². The summed E-state index contributed by atoms with van der Waals surface area (Å²) in [4.78, 5) is 15.4. The molecule has 0 unspecified atom stereocenters. The van der Waals surface area contributed by atoms with Crippen molar-refractivity contribution in [2.24, 2.45) is 0 Å². The number of hydrogen-bond donors (Lipinski definition) is 2. The number of carbonyl (C=O) groups is 1. The monoisotopic (exact) mass is 156 g/mol. The van der Waals surface area contributed by atoms with Crippen molar-refractivity contribution in [3.05, 3.63) is 24.0 Å². The fourth-order valence-electron chi connectivity index (χ4n) is 0.556. The Balaban J connectivity index is 2.71. The molecule has 58 valence electrons. The maximum atomic E-state index is 12.1. The van der Waals surface area contributed by atoms with Gasteiger partial charge < -0.3 is 10.1 Å². The smallest absolute Gasteiger partial charge is 0.328 e. The Hall–Kier alpha value is -1.65. The summed E-state index contributed by atoms with van der Waals surface area (Å²) in [5, 5.41) is 8.17. The Bertz CT molecular complexity index is 293. The van der Waals surface area contributed by atoms with Gasteiger partial charge in [-0.15, -0.1) is 0 Å². The molecule has 0 saturated heterocycles. The third kappa shape index (κ3) is 2.21. The molecule has 5 heteroatoms. The first-order valence-electron chi connectivity index (χ1n) is 2.80. The molecule has 11 heavy (non-hydrogen) atoms. The lowest BCUT2D eigenvalue weighted by atomic mass is 10.4. The molecule has 4 nitrogen and oxygen atoms in total. The number of halogens is 1. The Morgan fingerprint density at radius 1 is 1.82 bits per heavy atom. The first kappa shape index (κ1) is 7.46. The van der Waals surface area contributed by atoms with Gasteiger partial charge in [-0.25, -0.2) is 9.78 Å². The zero-order valence-corrected chi connectivity index (χ0v) is 5.41. The van der Waals surface area contributed by atoms with Crippen LogP contribution in [0.15, 0.2) is 12.3 Å². The Kier molecular flexibility index (Phi) is 2.00. The Labute approximate surface area is 61.4 Å². The van der Waals surface area contributed by atoms with Gasteiger partial charge in [-0.2, -0.15) is 4.39 Å². The molecule has 0 aliphatic rings. The summed E-state index contributed by atoms with van der Waals surface area (Å²) in [5.41, 5.74) is 0.324. The number of nitrogens with one attached hydrogen (secondary N) is 1. The maximum Gasteiger partial charge on any atom is 0.328 e. The largest absolute Gasteiger partial charge is 0.478 e. The minimum absolute atomic E-state index is 0.324. The number of imidazole rings is 1. The fourth-order valence-corrected chi connectivity index (χ4v) is 0.556. The summed E-state index contributed by atoms with van der Waals surface area (Å²) in [7, 11) is 0. The van der Waals surface area contributed by atoms with Crippen molar-refractivity contribution in [1.29, 1.82) is 0 Å². The van der Waals surface area contributed by atoms with Crippen molar-refractivity contribution in [3.63, 3.8) is 0 Å². The summed E-state index contributed by atoms with van der Waals surface area (Å²) >= 11 is 0. The highest BCUT2D eigenvalue weighted by molar-refractivity contribution is 5.84. The first-order chi connectivity index (χ1) is 5.18. The van der Waals surface area contributed by atoms with E-state index in [0.29, 0.717) is 5.69 Å². The molecule has 1 aromatic heterocycles. The second-order valence-electron chi connectivity index (χ2n) is 1.80. The second kappa shape index (κ2) is 2.96. The van der Waals surface area contributed by atoms with Gasteiger partial charge in [0.2, 0.25) is 0 Å². The van der Waals surface area contributed by atoms with Gasteiger partial charge in [0.1, 0.15) is 0 Å². The van der Waals surface area contributed by atoms with Crippen molar-refractivity contribution in [2.45, 2.75) is 0 Å². The molecule has 0 aliphatic carbocycles. The molecule has 1 heterocycles. The number of nitrogens with zero attached hydrogens (tertiary/aromatic N) is 1. The van der Waals surface area contributed by atoms with Crippen molar-refractivity contribution in [2.75, 3.05) is 0 Å². The van der Waals surface area contributed by atoms with Crippen molar-refractivity contribution in [1.82, 2.24) is 9.97 Å². The number of carboxylic acid groups (broad SMARTS) is 1. The zero-order valence-electron chi connectivity index (χ0n) is 5.41. The van der Waals surface area contributed by atoms with Gasteiger partial charge in [-0.1, -0.05) is 0 Å². The predicted molar refractivity (Wildman–Crippen MR) is 35.2 cm³/mol. The molecular weight excluding hydrogens is 151 g/mol. The maximum absolute atomic E-state index is 12.1. The average Bonchev–Trinajstić information content (AvgIpc) is 2.31. The lowest BCUT2D eigenvalue weighted by Gasteiger charge is -1.79. The van der Waals surface area contributed by atoms with Gasteiger partial charge in [0, 0.05) is 6.08 Å². The van der Waals surface area contributed by atoms with Crippen molar-refractivity contribution >= 4 is 12.0 Å². The molecule has 0 spiro atoms. The summed E-state index contributed by atoms with van der Waals surface area (Å²) in [6.45, 7) is 0. The number of hydrogen-bond acceptors (Lipinski definition) is 2. The third-order valence-corrected chi connectivity index (χ3v) is 0.970. The summed E-state index contributed by atoms with van der Waals surface area (Å²) < 4.78 is 12.1. The van der Waals surface area contributed by atoms with E-state index >= 15 is 0 Å². The second-order valence-corrected chi connectivity index (χ2v) is 1.80. The molecule has 0 aromatic carbocycles. The number of H-pyrrole nitrogens is 1.